The van der Waals surface area contributed by atoms with E-state index in [1.165, 1.54) is 38.5 Å². The summed E-state index contributed by atoms with van der Waals surface area (Å²) in [5.41, 5.74) is 0. The van der Waals surface area contributed by atoms with Crippen molar-refractivity contribution in [2.45, 2.75) is 142 Å². The molecule has 0 spiro atoms. The lowest BCUT2D eigenvalue weighted by Gasteiger charge is -2.31. The normalized spacial score (nSPS) is 13.5. The summed E-state index contributed by atoms with van der Waals surface area (Å²) in [6.07, 6.45) is 29.1. The van der Waals surface area contributed by atoms with Crippen LogP contribution in [-0.4, -0.2) is 80.6 Å². The van der Waals surface area contributed by atoms with Crippen LogP contribution in [-0.2, 0) is 28.6 Å². The minimum Gasteiger partial charge on any atom is -0.477 e. The first kappa shape index (κ1) is 42.6. The fourth-order valence-corrected chi connectivity index (χ4v) is 4.81. The lowest BCUT2D eigenvalue weighted by atomic mass is 10.1. The molecule has 1 N–H and O–H groups in total. The first-order valence-corrected chi connectivity index (χ1v) is 17.5. The lowest BCUT2D eigenvalue weighted by Crippen LogP contribution is -2.50. The Morgan fingerprint density at radius 1 is 0.689 bits per heavy atom. The maximum atomic E-state index is 12.6. The van der Waals surface area contributed by atoms with Crippen molar-refractivity contribution >= 4 is 17.9 Å². The number of unbranched alkanes of at least 4 members (excludes halogenated alkanes) is 10. The Morgan fingerprint density at radius 3 is 1.84 bits per heavy atom. The fraction of sp³-hybridized carbons (Fsp3) is 0.757. The predicted molar refractivity (Wildman–Crippen MR) is 183 cm³/mol. The molecule has 0 aromatic heterocycles. The Balaban J connectivity index is 4.55. The van der Waals surface area contributed by atoms with Crippen molar-refractivity contribution in [1.29, 1.82) is 0 Å². The standard InChI is InChI=1S/C37H65NO7/c1-6-8-10-12-14-16-17-18-20-22-24-26-28-36(40)45-33(31-43-30-29-34(37(41)42)38(3,4)5)32-44-35(39)27-25-23-21-19-15-13-11-9-7-2/h8,10,14,16,18,20,33-34H,6-7,9,11-13,15,17,19,21-32H2,1-5H3/p+1/b10-8+,16-14+,20-18+. The van der Waals surface area contributed by atoms with E-state index >= 15 is 0 Å². The van der Waals surface area contributed by atoms with E-state index in [0.717, 1.165) is 51.4 Å². The second-order valence-electron chi connectivity index (χ2n) is 12.7. The highest BCUT2D eigenvalue weighted by molar-refractivity contribution is 5.72. The third-order valence-electron chi connectivity index (χ3n) is 7.55. The molecule has 0 fully saturated rings. The molecule has 0 bridgehead atoms. The largest absolute Gasteiger partial charge is 0.477 e. The van der Waals surface area contributed by atoms with Crippen molar-refractivity contribution in [3.05, 3.63) is 36.5 Å². The summed E-state index contributed by atoms with van der Waals surface area (Å²) in [5.74, 6) is -1.53. The molecule has 0 aliphatic rings. The third-order valence-corrected chi connectivity index (χ3v) is 7.55. The average Bonchev–Trinajstić information content (AvgIpc) is 2.98. The maximum Gasteiger partial charge on any atom is 0.362 e. The van der Waals surface area contributed by atoms with Gasteiger partial charge in [0, 0.05) is 19.3 Å². The molecule has 0 aliphatic carbocycles. The van der Waals surface area contributed by atoms with Crippen LogP contribution in [0.5, 0.6) is 0 Å². The molecule has 2 atom stereocenters. The molecule has 0 aromatic carbocycles. The van der Waals surface area contributed by atoms with E-state index in [1.807, 2.05) is 21.1 Å². The van der Waals surface area contributed by atoms with Crippen LogP contribution in [0.1, 0.15) is 129 Å². The van der Waals surface area contributed by atoms with Gasteiger partial charge < -0.3 is 23.8 Å². The van der Waals surface area contributed by atoms with Gasteiger partial charge in [0.15, 0.2) is 12.1 Å². The number of nitrogens with zero attached hydrogens (tertiary/aromatic N) is 1. The summed E-state index contributed by atoms with van der Waals surface area (Å²) in [7, 11) is 5.49. The van der Waals surface area contributed by atoms with Crippen molar-refractivity contribution in [1.82, 2.24) is 0 Å². The maximum absolute atomic E-state index is 12.6. The Bertz CT molecular complexity index is 844. The molecule has 8 heteroatoms. The molecule has 260 valence electrons. The zero-order valence-electron chi connectivity index (χ0n) is 29.3. The minimum atomic E-state index is -0.884. The molecule has 0 aliphatic heterocycles. The molecule has 45 heavy (non-hydrogen) atoms. The molecule has 0 amide bonds. The first-order valence-electron chi connectivity index (χ1n) is 17.5. The van der Waals surface area contributed by atoms with Crippen LogP contribution in [0.2, 0.25) is 0 Å². The number of likely N-dealkylation sites (N-methyl/N-ethyl adjacent to an activating group) is 1. The lowest BCUT2D eigenvalue weighted by molar-refractivity contribution is -0.887. The van der Waals surface area contributed by atoms with Crippen LogP contribution in [0.15, 0.2) is 36.5 Å². The van der Waals surface area contributed by atoms with Gasteiger partial charge in [-0.2, -0.15) is 0 Å². The van der Waals surface area contributed by atoms with Gasteiger partial charge in [0.1, 0.15) is 6.61 Å². The SMILES string of the molecule is CC/C=C/C/C=C/C/C=C/CCCCC(=O)OC(COCCC(C(=O)O)[N+](C)(C)C)COC(=O)CCCCCCCCCCC. The third kappa shape index (κ3) is 27.6. The first-order chi connectivity index (χ1) is 21.6. The number of carbonyl (C=O) groups is 3. The van der Waals surface area contributed by atoms with Gasteiger partial charge in [-0.15, -0.1) is 0 Å². The molecule has 0 heterocycles. The zero-order chi connectivity index (χ0) is 33.6. The van der Waals surface area contributed by atoms with Crippen LogP contribution in [0.3, 0.4) is 0 Å². The monoisotopic (exact) mass is 636 g/mol. The highest BCUT2D eigenvalue weighted by Crippen LogP contribution is 2.12. The smallest absolute Gasteiger partial charge is 0.362 e. The van der Waals surface area contributed by atoms with Gasteiger partial charge in [-0.05, 0) is 44.9 Å². The topological polar surface area (TPSA) is 99.1 Å². The number of aliphatic carboxylic acids is 1. The number of rotatable bonds is 30. The minimum absolute atomic E-state index is 0.0467. The molecular weight excluding hydrogens is 570 g/mol. The number of ether oxygens (including phenoxy) is 3. The molecule has 8 nitrogen and oxygen atoms in total. The van der Waals surface area contributed by atoms with E-state index in [4.69, 9.17) is 14.2 Å². The van der Waals surface area contributed by atoms with E-state index in [0.29, 0.717) is 19.3 Å². The summed E-state index contributed by atoms with van der Waals surface area (Å²) >= 11 is 0. The predicted octanol–water partition coefficient (Wildman–Crippen LogP) is 8.35. The van der Waals surface area contributed by atoms with Crippen LogP contribution in [0.4, 0.5) is 0 Å². The number of allylic oxidation sites excluding steroid dienone is 6. The van der Waals surface area contributed by atoms with E-state index < -0.39 is 18.1 Å². The molecule has 2 unspecified atom stereocenters. The quantitative estimate of drug-likeness (QED) is 0.0366. The number of carboxylic acids is 1. The summed E-state index contributed by atoms with van der Waals surface area (Å²) in [6, 6.07) is -0.617. The van der Waals surface area contributed by atoms with Crippen LogP contribution in [0.25, 0.3) is 0 Å². The van der Waals surface area contributed by atoms with Crippen LogP contribution < -0.4 is 0 Å². The van der Waals surface area contributed by atoms with Crippen molar-refractivity contribution in [2.24, 2.45) is 0 Å². The highest BCUT2D eigenvalue weighted by Gasteiger charge is 2.31. The molecule has 0 radical (unpaired) electrons. The number of carbonyl (C=O) groups excluding carboxylic acids is 2. The summed E-state index contributed by atoms with van der Waals surface area (Å²) in [5, 5.41) is 9.55. The van der Waals surface area contributed by atoms with Gasteiger partial charge in [-0.1, -0.05) is 102 Å². The van der Waals surface area contributed by atoms with Gasteiger partial charge >= 0.3 is 17.9 Å². The second kappa shape index (κ2) is 29.0. The van der Waals surface area contributed by atoms with Gasteiger partial charge in [0.05, 0.1) is 34.4 Å². The van der Waals surface area contributed by atoms with Crippen molar-refractivity contribution in [3.63, 3.8) is 0 Å². The zero-order valence-corrected chi connectivity index (χ0v) is 29.3. The summed E-state index contributed by atoms with van der Waals surface area (Å²) in [4.78, 5) is 36.6. The van der Waals surface area contributed by atoms with Gasteiger partial charge in [0.2, 0.25) is 0 Å². The van der Waals surface area contributed by atoms with E-state index in [1.54, 1.807) is 0 Å². The van der Waals surface area contributed by atoms with Crippen molar-refractivity contribution < 1.29 is 38.2 Å². The summed E-state index contributed by atoms with van der Waals surface area (Å²) < 4.78 is 17.1. The Labute approximate surface area is 274 Å². The number of hydrogen-bond acceptors (Lipinski definition) is 6. The van der Waals surface area contributed by atoms with Crippen LogP contribution >= 0.6 is 0 Å². The average molecular weight is 637 g/mol. The van der Waals surface area contributed by atoms with E-state index in [-0.39, 0.29) is 42.7 Å². The summed E-state index contributed by atoms with van der Waals surface area (Å²) in [6.45, 7) is 4.53. The van der Waals surface area contributed by atoms with Crippen molar-refractivity contribution in [2.75, 3.05) is 41.0 Å². The second-order valence-corrected chi connectivity index (χ2v) is 12.7. The van der Waals surface area contributed by atoms with Crippen molar-refractivity contribution in [3.8, 4) is 0 Å². The highest BCUT2D eigenvalue weighted by atomic mass is 16.6. The van der Waals surface area contributed by atoms with E-state index in [2.05, 4.69) is 50.3 Å². The number of carboxylic acid groups (broad SMARTS) is 1. The molecule has 0 aromatic rings. The number of esters is 2. The molecule has 0 rings (SSSR count). The molecular formula is C37H66NO7+. The fourth-order valence-electron chi connectivity index (χ4n) is 4.81. The van der Waals surface area contributed by atoms with E-state index in [9.17, 15) is 19.5 Å². The Kier molecular flexibility index (Phi) is 27.4. The van der Waals surface area contributed by atoms with Gasteiger partial charge in [-0.25, -0.2) is 4.79 Å². The number of hydrogen-bond donors (Lipinski definition) is 1. The number of quaternary nitrogens is 1. The van der Waals surface area contributed by atoms with Gasteiger partial charge in [0.25, 0.3) is 0 Å². The van der Waals surface area contributed by atoms with Gasteiger partial charge in [-0.3, -0.25) is 9.59 Å². The molecule has 0 saturated heterocycles. The molecule has 0 saturated carbocycles. The Hall–Kier alpha value is -2.45. The van der Waals surface area contributed by atoms with Crippen LogP contribution in [0, 0.1) is 0 Å². The Morgan fingerprint density at radius 2 is 1.24 bits per heavy atom.